The smallest absolute Gasteiger partial charge is 0.268 e. The van der Waals surface area contributed by atoms with Crippen molar-refractivity contribution in [3.63, 3.8) is 0 Å². The van der Waals surface area contributed by atoms with E-state index in [-0.39, 0.29) is 11.3 Å². The molecule has 1 atom stereocenters. The highest BCUT2D eigenvalue weighted by Gasteiger charge is 2.34. The second-order valence-electron chi connectivity index (χ2n) is 9.53. The molecule has 154 valence electrons. The molecule has 1 heterocycles. The normalized spacial score (nSPS) is 19.5. The number of aryl methyl sites for hydroxylation is 1. The molecule has 2 aliphatic rings. The fourth-order valence-electron chi connectivity index (χ4n) is 3.68. The maximum absolute atomic E-state index is 12.9. The summed E-state index contributed by atoms with van der Waals surface area (Å²) in [5.41, 5.74) is 3.43. The van der Waals surface area contributed by atoms with Gasteiger partial charge in [0, 0.05) is 18.7 Å². The molecule has 29 heavy (non-hydrogen) atoms. The third-order valence-electron chi connectivity index (χ3n) is 5.49. The molecule has 2 fully saturated rings. The Hall–Kier alpha value is -2.49. The third-order valence-corrected chi connectivity index (χ3v) is 5.49. The van der Waals surface area contributed by atoms with Crippen LogP contribution in [0.5, 0.6) is 11.5 Å². The van der Waals surface area contributed by atoms with Gasteiger partial charge >= 0.3 is 0 Å². The van der Waals surface area contributed by atoms with Crippen molar-refractivity contribution < 1.29 is 14.3 Å². The Morgan fingerprint density at radius 1 is 1.03 bits per heavy atom. The second-order valence-corrected chi connectivity index (χ2v) is 9.53. The van der Waals surface area contributed by atoms with Crippen LogP contribution in [-0.4, -0.2) is 25.2 Å². The molecular weight excluding hydrogens is 362 g/mol. The Kier molecular flexibility index (Phi) is 5.28. The summed E-state index contributed by atoms with van der Waals surface area (Å²) in [5, 5.41) is 0. The van der Waals surface area contributed by atoms with Crippen molar-refractivity contribution in [1.29, 1.82) is 0 Å². The van der Waals surface area contributed by atoms with E-state index in [1.54, 1.807) is 0 Å². The lowest BCUT2D eigenvalue weighted by atomic mass is 9.98. The Morgan fingerprint density at radius 2 is 1.76 bits per heavy atom. The topological polar surface area (TPSA) is 38.8 Å². The molecule has 0 radical (unpaired) electrons. The van der Waals surface area contributed by atoms with E-state index in [9.17, 15) is 4.79 Å². The number of ether oxygens (including phenoxy) is 2. The van der Waals surface area contributed by atoms with Crippen LogP contribution in [0.3, 0.4) is 0 Å². The van der Waals surface area contributed by atoms with Gasteiger partial charge in [-0.25, -0.2) is 0 Å². The van der Waals surface area contributed by atoms with Gasteiger partial charge in [-0.15, -0.1) is 0 Å². The maximum atomic E-state index is 12.9. The molecule has 1 aliphatic carbocycles. The van der Waals surface area contributed by atoms with Crippen molar-refractivity contribution in [1.82, 2.24) is 0 Å². The molecule has 4 heteroatoms. The summed E-state index contributed by atoms with van der Waals surface area (Å²) < 4.78 is 12.0. The van der Waals surface area contributed by atoms with Gasteiger partial charge in [0.1, 0.15) is 11.5 Å². The average Bonchev–Trinajstić information content (AvgIpc) is 3.46. The van der Waals surface area contributed by atoms with E-state index in [0.717, 1.165) is 28.7 Å². The summed E-state index contributed by atoms with van der Waals surface area (Å²) in [4.78, 5) is 14.7. The standard InChI is InChI=1S/C25H31NO3/c1-17-15-20(9-12-22(17)28-16-25(2,3)4)26-14-13-23(24(26)27)29-21-10-7-19(8-11-21)18-5-6-18/h7-12,15,18,23H,5-6,13-14,16H2,1-4H3/t23-/m0/s1. The molecule has 0 N–H and O–H groups in total. The average molecular weight is 394 g/mol. The van der Waals surface area contributed by atoms with Gasteiger partial charge in [0.25, 0.3) is 5.91 Å². The van der Waals surface area contributed by atoms with Crippen molar-refractivity contribution in [2.45, 2.75) is 59.0 Å². The lowest BCUT2D eigenvalue weighted by Gasteiger charge is -2.22. The van der Waals surface area contributed by atoms with E-state index in [1.165, 1.54) is 18.4 Å². The molecule has 2 aromatic carbocycles. The molecule has 4 nitrogen and oxygen atoms in total. The number of amides is 1. The SMILES string of the molecule is Cc1cc(N2CC[C@H](Oc3ccc(C4CC4)cc3)C2=O)ccc1OCC(C)(C)C. The Bertz CT molecular complexity index is 878. The van der Waals surface area contributed by atoms with Gasteiger partial charge in [-0.1, -0.05) is 32.9 Å². The summed E-state index contributed by atoms with van der Waals surface area (Å²) in [6.45, 7) is 9.81. The molecule has 2 aromatic rings. The van der Waals surface area contributed by atoms with Gasteiger partial charge in [-0.2, -0.15) is 0 Å². The number of hydrogen-bond acceptors (Lipinski definition) is 3. The van der Waals surface area contributed by atoms with Gasteiger partial charge in [-0.05, 0) is 72.6 Å². The summed E-state index contributed by atoms with van der Waals surface area (Å²) in [7, 11) is 0. The monoisotopic (exact) mass is 393 g/mol. The second kappa shape index (κ2) is 7.74. The molecule has 0 spiro atoms. The lowest BCUT2D eigenvalue weighted by Crippen LogP contribution is -2.32. The highest BCUT2D eigenvalue weighted by Crippen LogP contribution is 2.40. The first-order chi connectivity index (χ1) is 13.8. The quantitative estimate of drug-likeness (QED) is 0.652. The number of carbonyl (C=O) groups excluding carboxylic acids is 1. The molecule has 1 saturated carbocycles. The van der Waals surface area contributed by atoms with Crippen LogP contribution in [0.25, 0.3) is 0 Å². The Balaban J connectivity index is 1.39. The number of rotatable bonds is 6. The molecule has 0 aromatic heterocycles. The maximum Gasteiger partial charge on any atom is 0.268 e. The largest absolute Gasteiger partial charge is 0.493 e. The first-order valence-electron chi connectivity index (χ1n) is 10.6. The minimum absolute atomic E-state index is 0.0269. The molecule has 1 aliphatic heterocycles. The van der Waals surface area contributed by atoms with Crippen molar-refractivity contribution >= 4 is 11.6 Å². The van der Waals surface area contributed by atoms with Gasteiger partial charge in [-0.3, -0.25) is 4.79 Å². The van der Waals surface area contributed by atoms with Crippen LogP contribution < -0.4 is 14.4 Å². The van der Waals surface area contributed by atoms with Crippen LogP contribution in [0.2, 0.25) is 0 Å². The van der Waals surface area contributed by atoms with Gasteiger partial charge in [0.2, 0.25) is 0 Å². The van der Waals surface area contributed by atoms with Crippen LogP contribution >= 0.6 is 0 Å². The van der Waals surface area contributed by atoms with Gasteiger partial charge in [0.05, 0.1) is 6.61 Å². The number of benzene rings is 2. The zero-order valence-electron chi connectivity index (χ0n) is 17.9. The van der Waals surface area contributed by atoms with Gasteiger partial charge in [0.15, 0.2) is 6.10 Å². The third kappa shape index (κ3) is 4.75. The summed E-state index contributed by atoms with van der Waals surface area (Å²) in [6, 6.07) is 14.2. The van der Waals surface area contributed by atoms with E-state index in [0.29, 0.717) is 19.6 Å². The predicted molar refractivity (Wildman–Crippen MR) is 116 cm³/mol. The van der Waals surface area contributed by atoms with Crippen LogP contribution in [0.4, 0.5) is 5.69 Å². The zero-order valence-corrected chi connectivity index (χ0v) is 17.9. The molecular formula is C25H31NO3. The Labute approximate surface area is 173 Å². The van der Waals surface area contributed by atoms with Crippen LogP contribution in [0, 0.1) is 12.3 Å². The summed E-state index contributed by atoms with van der Waals surface area (Å²) in [6.07, 6.45) is 2.86. The number of carbonyl (C=O) groups is 1. The zero-order chi connectivity index (χ0) is 20.6. The number of anilines is 1. The van der Waals surface area contributed by atoms with Crippen molar-refractivity contribution in [2.24, 2.45) is 5.41 Å². The molecule has 4 rings (SSSR count). The minimum atomic E-state index is -0.418. The fraction of sp³-hybridized carbons (Fsp3) is 0.480. The van der Waals surface area contributed by atoms with Crippen LogP contribution in [-0.2, 0) is 4.79 Å². The highest BCUT2D eigenvalue weighted by atomic mass is 16.5. The first-order valence-corrected chi connectivity index (χ1v) is 10.6. The van der Waals surface area contributed by atoms with Crippen molar-refractivity contribution in [3.05, 3.63) is 53.6 Å². The van der Waals surface area contributed by atoms with E-state index in [1.807, 2.05) is 42.2 Å². The van der Waals surface area contributed by atoms with Crippen molar-refractivity contribution in [2.75, 3.05) is 18.1 Å². The molecule has 1 amide bonds. The minimum Gasteiger partial charge on any atom is -0.493 e. The summed E-state index contributed by atoms with van der Waals surface area (Å²) >= 11 is 0. The van der Waals surface area contributed by atoms with Crippen molar-refractivity contribution in [3.8, 4) is 11.5 Å². The highest BCUT2D eigenvalue weighted by molar-refractivity contribution is 5.99. The fourth-order valence-corrected chi connectivity index (χ4v) is 3.68. The lowest BCUT2D eigenvalue weighted by molar-refractivity contribution is -0.122. The number of hydrogen-bond donors (Lipinski definition) is 0. The van der Waals surface area contributed by atoms with E-state index < -0.39 is 6.10 Å². The van der Waals surface area contributed by atoms with E-state index >= 15 is 0 Å². The summed E-state index contributed by atoms with van der Waals surface area (Å²) in [5.74, 6) is 2.40. The molecule has 0 bridgehead atoms. The molecule has 1 saturated heterocycles. The Morgan fingerprint density at radius 3 is 2.38 bits per heavy atom. The predicted octanol–water partition coefficient (Wildman–Crippen LogP) is 5.48. The van der Waals surface area contributed by atoms with E-state index in [4.69, 9.17) is 9.47 Å². The van der Waals surface area contributed by atoms with E-state index in [2.05, 4.69) is 32.9 Å². The van der Waals surface area contributed by atoms with Crippen LogP contribution in [0.1, 0.15) is 57.1 Å². The van der Waals surface area contributed by atoms with Gasteiger partial charge < -0.3 is 14.4 Å². The number of nitrogens with zero attached hydrogens (tertiary/aromatic N) is 1. The van der Waals surface area contributed by atoms with Crippen LogP contribution in [0.15, 0.2) is 42.5 Å². The molecule has 0 unspecified atom stereocenters. The first kappa shape index (κ1) is 19.8.